The average molecular weight is 420 g/mol. The number of amides is 1. The number of para-hydroxylation sites is 2. The van der Waals surface area contributed by atoms with Crippen molar-refractivity contribution in [3.05, 3.63) is 89.5 Å². The number of hydrogen-bond acceptors (Lipinski definition) is 4. The number of sulfonamides is 1. The standard InChI is InChI=1S/C22H20N4O3S/c1-15-11-12-17(21(27)26-22-24-18-9-5-6-10-19(18)25-22)13-20(15)30(28,29)23-14-16-7-3-2-4-8-16/h2-13,23H,14H2,1H3,(H2,24,25,26,27). The molecule has 8 heteroatoms. The number of H-pyrrole nitrogens is 1. The second-order valence-corrected chi connectivity index (χ2v) is 8.58. The summed E-state index contributed by atoms with van der Waals surface area (Å²) >= 11 is 0. The van der Waals surface area contributed by atoms with Crippen molar-refractivity contribution in [2.45, 2.75) is 18.4 Å². The maximum absolute atomic E-state index is 12.8. The van der Waals surface area contributed by atoms with E-state index < -0.39 is 15.9 Å². The normalized spacial score (nSPS) is 11.5. The van der Waals surface area contributed by atoms with Crippen molar-refractivity contribution in [3.63, 3.8) is 0 Å². The third-order valence-corrected chi connectivity index (χ3v) is 6.21. The molecule has 0 aliphatic rings. The van der Waals surface area contributed by atoms with Crippen LogP contribution in [0.1, 0.15) is 21.5 Å². The van der Waals surface area contributed by atoms with Crippen LogP contribution >= 0.6 is 0 Å². The summed E-state index contributed by atoms with van der Waals surface area (Å²) in [5, 5.41) is 2.68. The van der Waals surface area contributed by atoms with Gasteiger partial charge in [-0.25, -0.2) is 18.1 Å². The zero-order chi connectivity index (χ0) is 21.1. The molecule has 3 N–H and O–H groups in total. The lowest BCUT2D eigenvalue weighted by Crippen LogP contribution is -2.24. The Bertz CT molecular complexity index is 1280. The number of nitrogens with one attached hydrogen (secondary N) is 3. The minimum atomic E-state index is -3.79. The van der Waals surface area contributed by atoms with Crippen LogP contribution in [0.2, 0.25) is 0 Å². The van der Waals surface area contributed by atoms with E-state index in [0.717, 1.165) is 16.6 Å². The van der Waals surface area contributed by atoms with Crippen LogP contribution in [0.5, 0.6) is 0 Å². The molecule has 1 heterocycles. The lowest BCUT2D eigenvalue weighted by Gasteiger charge is -2.11. The van der Waals surface area contributed by atoms with Crippen LogP contribution in [0.15, 0.2) is 77.7 Å². The Morgan fingerprint density at radius 1 is 1.00 bits per heavy atom. The van der Waals surface area contributed by atoms with Gasteiger partial charge in [-0.2, -0.15) is 0 Å². The number of imidazole rings is 1. The van der Waals surface area contributed by atoms with Gasteiger partial charge in [0.15, 0.2) is 0 Å². The molecule has 4 aromatic rings. The van der Waals surface area contributed by atoms with Crippen LogP contribution in [0.3, 0.4) is 0 Å². The lowest BCUT2D eigenvalue weighted by atomic mass is 10.1. The summed E-state index contributed by atoms with van der Waals surface area (Å²) in [6.07, 6.45) is 0. The first-order valence-electron chi connectivity index (χ1n) is 9.33. The molecule has 152 valence electrons. The molecule has 0 spiro atoms. The second-order valence-electron chi connectivity index (χ2n) is 6.85. The molecule has 0 unspecified atom stereocenters. The highest BCUT2D eigenvalue weighted by Gasteiger charge is 2.19. The summed E-state index contributed by atoms with van der Waals surface area (Å²) in [4.78, 5) is 20.1. The molecule has 0 aliphatic heterocycles. The van der Waals surface area contributed by atoms with Crippen molar-refractivity contribution in [2.75, 3.05) is 5.32 Å². The highest BCUT2D eigenvalue weighted by atomic mass is 32.2. The van der Waals surface area contributed by atoms with Crippen LogP contribution in [-0.2, 0) is 16.6 Å². The zero-order valence-electron chi connectivity index (χ0n) is 16.2. The number of carbonyl (C=O) groups excluding carboxylic acids is 1. The number of aryl methyl sites for hydroxylation is 1. The van der Waals surface area contributed by atoms with E-state index in [2.05, 4.69) is 20.0 Å². The van der Waals surface area contributed by atoms with Crippen molar-refractivity contribution >= 4 is 32.9 Å². The highest BCUT2D eigenvalue weighted by Crippen LogP contribution is 2.19. The largest absolute Gasteiger partial charge is 0.324 e. The van der Waals surface area contributed by atoms with Crippen molar-refractivity contribution in [2.24, 2.45) is 0 Å². The molecular formula is C22H20N4O3S. The molecular weight excluding hydrogens is 400 g/mol. The average Bonchev–Trinajstić information content (AvgIpc) is 3.15. The van der Waals surface area contributed by atoms with Gasteiger partial charge in [-0.15, -0.1) is 0 Å². The Kier molecular flexibility index (Phi) is 5.35. The predicted octanol–water partition coefficient (Wildman–Crippen LogP) is 3.60. The molecule has 0 aliphatic carbocycles. The maximum Gasteiger partial charge on any atom is 0.258 e. The summed E-state index contributed by atoms with van der Waals surface area (Å²) < 4.78 is 28.2. The van der Waals surface area contributed by atoms with E-state index in [9.17, 15) is 13.2 Å². The summed E-state index contributed by atoms with van der Waals surface area (Å²) in [5.74, 6) is -0.151. The topological polar surface area (TPSA) is 104 Å². The van der Waals surface area contributed by atoms with Crippen LogP contribution in [0.4, 0.5) is 5.95 Å². The van der Waals surface area contributed by atoms with E-state index in [1.54, 1.807) is 19.1 Å². The van der Waals surface area contributed by atoms with Gasteiger partial charge in [-0.05, 0) is 42.3 Å². The van der Waals surface area contributed by atoms with E-state index in [0.29, 0.717) is 11.5 Å². The number of nitrogens with zero attached hydrogens (tertiary/aromatic N) is 1. The van der Waals surface area contributed by atoms with Gasteiger partial charge in [-0.1, -0.05) is 48.5 Å². The van der Waals surface area contributed by atoms with E-state index in [-0.39, 0.29) is 17.0 Å². The van der Waals surface area contributed by atoms with Crippen LogP contribution < -0.4 is 10.0 Å². The Morgan fingerprint density at radius 2 is 1.73 bits per heavy atom. The van der Waals surface area contributed by atoms with Gasteiger partial charge < -0.3 is 4.98 Å². The van der Waals surface area contributed by atoms with Crippen molar-refractivity contribution in [1.82, 2.24) is 14.7 Å². The van der Waals surface area contributed by atoms with E-state index in [4.69, 9.17) is 0 Å². The van der Waals surface area contributed by atoms with Gasteiger partial charge in [0.25, 0.3) is 5.91 Å². The van der Waals surface area contributed by atoms with Crippen LogP contribution in [-0.4, -0.2) is 24.3 Å². The van der Waals surface area contributed by atoms with Crippen LogP contribution in [0, 0.1) is 6.92 Å². The molecule has 0 atom stereocenters. The molecule has 1 amide bonds. The van der Waals surface area contributed by atoms with Crippen molar-refractivity contribution < 1.29 is 13.2 Å². The van der Waals surface area contributed by atoms with E-state index in [1.165, 1.54) is 6.07 Å². The van der Waals surface area contributed by atoms with Gasteiger partial charge >= 0.3 is 0 Å². The van der Waals surface area contributed by atoms with Gasteiger partial charge in [0.1, 0.15) is 0 Å². The van der Waals surface area contributed by atoms with Crippen molar-refractivity contribution in [3.8, 4) is 0 Å². The lowest BCUT2D eigenvalue weighted by molar-refractivity contribution is 0.102. The molecule has 1 aromatic heterocycles. The minimum absolute atomic E-state index is 0.0655. The molecule has 0 saturated carbocycles. The molecule has 0 radical (unpaired) electrons. The fourth-order valence-electron chi connectivity index (χ4n) is 3.07. The van der Waals surface area contributed by atoms with Gasteiger partial charge in [0.05, 0.1) is 15.9 Å². The third kappa shape index (κ3) is 4.24. The first-order valence-corrected chi connectivity index (χ1v) is 10.8. The van der Waals surface area contributed by atoms with Gasteiger partial charge in [0, 0.05) is 12.1 Å². The number of hydrogen-bond donors (Lipinski definition) is 3. The first kappa shape index (κ1) is 19.8. The monoisotopic (exact) mass is 420 g/mol. The number of fused-ring (bicyclic) bond motifs is 1. The molecule has 0 fully saturated rings. The predicted molar refractivity (Wildman–Crippen MR) is 116 cm³/mol. The molecule has 7 nitrogen and oxygen atoms in total. The molecule has 4 rings (SSSR count). The quantitative estimate of drug-likeness (QED) is 0.443. The van der Waals surface area contributed by atoms with Crippen molar-refractivity contribution in [1.29, 1.82) is 0 Å². The fourth-order valence-corrected chi connectivity index (χ4v) is 4.36. The molecule has 0 bridgehead atoms. The number of aromatic amines is 1. The number of anilines is 1. The summed E-state index contributed by atoms with van der Waals surface area (Å²) in [6.45, 7) is 1.86. The Morgan fingerprint density at radius 3 is 2.50 bits per heavy atom. The SMILES string of the molecule is Cc1ccc(C(=O)Nc2nc3ccccc3[nH]2)cc1S(=O)(=O)NCc1ccccc1. The molecule has 0 saturated heterocycles. The maximum atomic E-state index is 12.8. The first-order chi connectivity index (χ1) is 14.4. The summed E-state index contributed by atoms with van der Waals surface area (Å²) in [5.41, 5.74) is 3.14. The summed E-state index contributed by atoms with van der Waals surface area (Å²) in [7, 11) is -3.79. The summed E-state index contributed by atoms with van der Waals surface area (Å²) in [6, 6.07) is 21.2. The third-order valence-electron chi connectivity index (χ3n) is 4.67. The van der Waals surface area contributed by atoms with E-state index in [1.807, 2.05) is 54.6 Å². The number of rotatable bonds is 6. The molecule has 3 aromatic carbocycles. The zero-order valence-corrected chi connectivity index (χ0v) is 17.0. The Labute approximate surface area is 174 Å². The fraction of sp³-hybridized carbons (Fsp3) is 0.0909. The van der Waals surface area contributed by atoms with Crippen LogP contribution in [0.25, 0.3) is 11.0 Å². The second kappa shape index (κ2) is 8.10. The Hall–Kier alpha value is -3.49. The van der Waals surface area contributed by atoms with Gasteiger partial charge in [0.2, 0.25) is 16.0 Å². The smallest absolute Gasteiger partial charge is 0.258 e. The number of carbonyl (C=O) groups is 1. The number of benzene rings is 3. The minimum Gasteiger partial charge on any atom is -0.324 e. The van der Waals surface area contributed by atoms with Gasteiger partial charge in [-0.3, -0.25) is 10.1 Å². The number of aromatic nitrogens is 2. The Balaban J connectivity index is 1.55. The highest BCUT2D eigenvalue weighted by molar-refractivity contribution is 7.89. The molecule has 30 heavy (non-hydrogen) atoms. The van der Waals surface area contributed by atoms with E-state index >= 15 is 0 Å².